The Kier molecular flexibility index (Phi) is 4.56. The van der Waals surface area contributed by atoms with Crippen molar-refractivity contribution >= 4 is 32.4 Å². The van der Waals surface area contributed by atoms with Crippen molar-refractivity contribution in [2.45, 2.75) is 39.2 Å². The second-order valence-electron chi connectivity index (χ2n) is 7.68. The van der Waals surface area contributed by atoms with Crippen molar-refractivity contribution in [2.75, 3.05) is 5.32 Å². The van der Waals surface area contributed by atoms with Crippen molar-refractivity contribution in [3.63, 3.8) is 0 Å². The van der Waals surface area contributed by atoms with Crippen LogP contribution in [0.4, 0.5) is 10.8 Å². The lowest BCUT2D eigenvalue weighted by molar-refractivity contribution is 0.429. The maximum absolute atomic E-state index is 4.73. The van der Waals surface area contributed by atoms with Gasteiger partial charge in [0.25, 0.3) is 0 Å². The van der Waals surface area contributed by atoms with Gasteiger partial charge in [-0.15, -0.1) is 0 Å². The number of nitrogens with one attached hydrogen (secondary N) is 1. The zero-order valence-corrected chi connectivity index (χ0v) is 16.7. The van der Waals surface area contributed by atoms with E-state index in [9.17, 15) is 0 Å². The van der Waals surface area contributed by atoms with E-state index >= 15 is 0 Å². The van der Waals surface area contributed by atoms with Crippen LogP contribution in [0.15, 0.2) is 49.1 Å². The van der Waals surface area contributed by atoms with E-state index < -0.39 is 0 Å². The van der Waals surface area contributed by atoms with E-state index in [1.165, 1.54) is 41.5 Å². The molecule has 5 rings (SSSR count). The molecule has 0 bridgehead atoms. The molecule has 6 heteroatoms. The van der Waals surface area contributed by atoms with Crippen molar-refractivity contribution in [2.24, 2.45) is 5.92 Å². The third-order valence-corrected chi connectivity index (χ3v) is 6.33. The smallest absolute Gasteiger partial charge is 0.188 e. The number of aryl methyl sites for hydroxylation is 1. The minimum Gasteiger partial charge on any atom is -0.329 e. The van der Waals surface area contributed by atoms with Crippen LogP contribution in [0.1, 0.15) is 31.2 Å². The van der Waals surface area contributed by atoms with E-state index in [1.807, 2.05) is 18.6 Å². The summed E-state index contributed by atoms with van der Waals surface area (Å²) in [5.74, 6) is 0.782. The molecular formula is C22H23N5S. The van der Waals surface area contributed by atoms with Crippen molar-refractivity contribution in [1.29, 1.82) is 0 Å². The second kappa shape index (κ2) is 7.36. The molecule has 4 aromatic rings. The molecule has 0 unspecified atom stereocenters. The van der Waals surface area contributed by atoms with Gasteiger partial charge in [0.15, 0.2) is 5.13 Å². The molecule has 142 valence electrons. The van der Waals surface area contributed by atoms with Gasteiger partial charge in [0.05, 0.1) is 22.1 Å². The molecule has 28 heavy (non-hydrogen) atoms. The Balaban J connectivity index is 1.34. The molecule has 3 aromatic heterocycles. The maximum atomic E-state index is 4.73. The van der Waals surface area contributed by atoms with E-state index in [1.54, 1.807) is 11.3 Å². The minimum atomic E-state index is 0.782. The van der Waals surface area contributed by atoms with Gasteiger partial charge in [-0.05, 0) is 55.0 Å². The second-order valence-corrected chi connectivity index (χ2v) is 8.71. The molecule has 1 N–H and O–H groups in total. The molecule has 1 aliphatic carbocycles. The summed E-state index contributed by atoms with van der Waals surface area (Å²) in [5.41, 5.74) is 5.48. The number of hydrogen-bond acceptors (Lipinski definition) is 5. The number of hydrogen-bond donors (Lipinski definition) is 1. The first kappa shape index (κ1) is 17.4. The molecule has 0 spiro atoms. The van der Waals surface area contributed by atoms with Crippen molar-refractivity contribution < 1.29 is 0 Å². The molecule has 0 saturated heterocycles. The van der Waals surface area contributed by atoms with E-state index in [2.05, 4.69) is 57.5 Å². The lowest BCUT2D eigenvalue weighted by Crippen LogP contribution is -2.07. The number of anilines is 2. The summed E-state index contributed by atoms with van der Waals surface area (Å²) in [5, 5.41) is 8.83. The fourth-order valence-corrected chi connectivity index (χ4v) is 4.90. The molecule has 1 saturated carbocycles. The van der Waals surface area contributed by atoms with E-state index in [0.29, 0.717) is 0 Å². The topological polar surface area (TPSA) is 55.6 Å². The van der Waals surface area contributed by atoms with Crippen molar-refractivity contribution in [1.82, 2.24) is 19.7 Å². The Morgan fingerprint density at radius 2 is 2.00 bits per heavy atom. The summed E-state index contributed by atoms with van der Waals surface area (Å²) in [6.07, 6.45) is 13.2. The van der Waals surface area contributed by atoms with Crippen LogP contribution in [0.3, 0.4) is 0 Å². The Bertz CT molecular complexity index is 1110. The third-order valence-electron chi connectivity index (χ3n) is 5.40. The highest BCUT2D eigenvalue weighted by Crippen LogP contribution is 2.32. The SMILES string of the molecule is Cc1cncc(-c2ccc3nc(Nc4cnn(CC5CCCC5)c4)sc3c2)c1. The molecule has 0 amide bonds. The van der Waals surface area contributed by atoms with Gasteiger partial charge in [-0.3, -0.25) is 9.67 Å². The molecule has 1 fully saturated rings. The van der Waals surface area contributed by atoms with Gasteiger partial charge >= 0.3 is 0 Å². The average Bonchev–Trinajstić information content (AvgIpc) is 3.43. The van der Waals surface area contributed by atoms with Crippen LogP contribution in [0, 0.1) is 12.8 Å². The molecule has 1 aliphatic rings. The molecule has 0 aliphatic heterocycles. The van der Waals surface area contributed by atoms with Gasteiger partial charge < -0.3 is 5.32 Å². The molecule has 0 atom stereocenters. The fourth-order valence-electron chi connectivity index (χ4n) is 3.98. The highest BCUT2D eigenvalue weighted by atomic mass is 32.1. The molecular weight excluding hydrogens is 366 g/mol. The lowest BCUT2D eigenvalue weighted by Gasteiger charge is -2.07. The predicted molar refractivity (Wildman–Crippen MR) is 115 cm³/mol. The van der Waals surface area contributed by atoms with Gasteiger partial charge in [-0.1, -0.05) is 30.2 Å². The highest BCUT2D eigenvalue weighted by molar-refractivity contribution is 7.22. The fraction of sp³-hybridized carbons (Fsp3) is 0.318. The van der Waals surface area contributed by atoms with Crippen LogP contribution < -0.4 is 5.32 Å². The van der Waals surface area contributed by atoms with Crippen LogP contribution in [-0.2, 0) is 6.54 Å². The number of nitrogens with zero attached hydrogens (tertiary/aromatic N) is 4. The van der Waals surface area contributed by atoms with Crippen LogP contribution in [-0.4, -0.2) is 19.7 Å². The predicted octanol–water partition coefficient (Wildman–Crippen LogP) is 5.80. The van der Waals surface area contributed by atoms with Crippen molar-refractivity contribution in [3.05, 3.63) is 54.6 Å². The molecule has 5 nitrogen and oxygen atoms in total. The summed E-state index contributed by atoms with van der Waals surface area (Å²) in [6, 6.07) is 8.55. The summed E-state index contributed by atoms with van der Waals surface area (Å²) in [6.45, 7) is 3.09. The number of rotatable bonds is 5. The highest BCUT2D eigenvalue weighted by Gasteiger charge is 2.16. The van der Waals surface area contributed by atoms with Crippen LogP contribution in [0.25, 0.3) is 21.3 Å². The van der Waals surface area contributed by atoms with Gasteiger partial charge in [0.2, 0.25) is 0 Å². The van der Waals surface area contributed by atoms with E-state index in [-0.39, 0.29) is 0 Å². The third kappa shape index (κ3) is 3.64. The Labute approximate surface area is 168 Å². The van der Waals surface area contributed by atoms with Gasteiger partial charge in [0.1, 0.15) is 0 Å². The van der Waals surface area contributed by atoms with Crippen LogP contribution >= 0.6 is 11.3 Å². The van der Waals surface area contributed by atoms with Crippen molar-refractivity contribution in [3.8, 4) is 11.1 Å². The van der Waals surface area contributed by atoms with E-state index in [0.717, 1.165) is 34.4 Å². The van der Waals surface area contributed by atoms with Gasteiger partial charge in [-0.25, -0.2) is 4.98 Å². The minimum absolute atomic E-state index is 0.782. The molecule has 0 radical (unpaired) electrons. The summed E-state index contributed by atoms with van der Waals surface area (Å²) >= 11 is 1.67. The standard InChI is InChI=1S/C22H23N5S/c1-15-8-18(11-23-10-15)17-6-7-20-21(9-17)28-22(26-20)25-19-12-24-27(14-19)13-16-4-2-3-5-16/h6-12,14,16H,2-5,13H2,1H3,(H,25,26). The zero-order valence-electron chi connectivity index (χ0n) is 15.9. The number of fused-ring (bicyclic) bond motifs is 1. The summed E-state index contributed by atoms with van der Waals surface area (Å²) in [4.78, 5) is 9.03. The number of benzene rings is 1. The normalized spacial score (nSPS) is 14.8. The Morgan fingerprint density at radius 3 is 2.86 bits per heavy atom. The number of thiazole rings is 1. The monoisotopic (exact) mass is 389 g/mol. The lowest BCUT2D eigenvalue weighted by atomic mass is 10.1. The largest absolute Gasteiger partial charge is 0.329 e. The molecule has 3 heterocycles. The average molecular weight is 390 g/mol. The number of pyridine rings is 1. The van der Waals surface area contributed by atoms with Crippen LogP contribution in [0.5, 0.6) is 0 Å². The number of aromatic nitrogens is 4. The van der Waals surface area contributed by atoms with E-state index in [4.69, 9.17) is 4.98 Å². The first-order chi connectivity index (χ1) is 13.7. The summed E-state index contributed by atoms with van der Waals surface area (Å²) < 4.78 is 3.23. The molecule has 1 aromatic carbocycles. The van der Waals surface area contributed by atoms with Gasteiger partial charge in [0, 0.05) is 30.7 Å². The quantitative estimate of drug-likeness (QED) is 0.469. The first-order valence-electron chi connectivity index (χ1n) is 9.85. The maximum Gasteiger partial charge on any atom is 0.188 e. The zero-order chi connectivity index (χ0) is 18.9. The first-order valence-corrected chi connectivity index (χ1v) is 10.7. The summed E-state index contributed by atoms with van der Waals surface area (Å²) in [7, 11) is 0. The van der Waals surface area contributed by atoms with Gasteiger partial charge in [-0.2, -0.15) is 5.10 Å². The Morgan fingerprint density at radius 1 is 1.11 bits per heavy atom. The Hall–Kier alpha value is -2.73. The van der Waals surface area contributed by atoms with Crippen LogP contribution in [0.2, 0.25) is 0 Å².